The van der Waals surface area contributed by atoms with Crippen LogP contribution in [0.3, 0.4) is 0 Å². The number of piperidine rings is 1. The zero-order valence-electron chi connectivity index (χ0n) is 23.6. The summed E-state index contributed by atoms with van der Waals surface area (Å²) in [6.07, 6.45) is 4.23. The average Bonchev–Trinajstić information content (AvgIpc) is 3.43. The van der Waals surface area contributed by atoms with Crippen molar-refractivity contribution in [1.82, 2.24) is 19.4 Å². The molecule has 1 N–H and O–H groups in total. The molecule has 214 valence electrons. The molecule has 1 saturated heterocycles. The van der Waals surface area contributed by atoms with E-state index in [1.165, 1.54) is 6.08 Å². The fraction of sp³-hybridized carbons (Fsp3) is 0.242. The largest absolute Gasteiger partial charge is 0.347 e. The van der Waals surface area contributed by atoms with Crippen LogP contribution in [0.15, 0.2) is 102 Å². The summed E-state index contributed by atoms with van der Waals surface area (Å²) in [5, 5.41) is 17.5. The Bertz CT molecular complexity index is 1730. The van der Waals surface area contributed by atoms with Crippen molar-refractivity contribution in [2.45, 2.75) is 31.7 Å². The lowest BCUT2D eigenvalue weighted by Crippen LogP contribution is -2.42. The zero-order valence-corrected chi connectivity index (χ0v) is 24.5. The lowest BCUT2D eigenvalue weighted by atomic mass is 9.94. The lowest BCUT2D eigenvalue weighted by Gasteiger charge is -2.34. The van der Waals surface area contributed by atoms with Crippen molar-refractivity contribution in [3.8, 4) is 23.0 Å². The molecule has 0 radical (unpaired) electrons. The van der Waals surface area contributed by atoms with E-state index in [1.54, 1.807) is 39.4 Å². The molecule has 2 unspecified atom stereocenters. The Morgan fingerprint density at radius 1 is 1.00 bits per heavy atom. The van der Waals surface area contributed by atoms with Crippen molar-refractivity contribution >= 4 is 22.0 Å². The number of para-hydroxylation sites is 1. The second-order valence-electron chi connectivity index (χ2n) is 10.8. The highest BCUT2D eigenvalue weighted by Crippen LogP contribution is 2.31. The molecule has 1 amide bonds. The maximum atomic E-state index is 13.7. The van der Waals surface area contributed by atoms with Gasteiger partial charge in [-0.15, -0.1) is 0 Å². The van der Waals surface area contributed by atoms with E-state index in [9.17, 15) is 18.5 Å². The molecule has 9 heteroatoms. The van der Waals surface area contributed by atoms with E-state index in [0.717, 1.165) is 17.7 Å². The highest BCUT2D eigenvalue weighted by atomic mass is 32.2. The zero-order chi connectivity index (χ0) is 29.7. The van der Waals surface area contributed by atoms with Crippen LogP contribution in [-0.2, 0) is 21.4 Å². The molecule has 1 aromatic heterocycles. The van der Waals surface area contributed by atoms with Gasteiger partial charge < -0.3 is 5.32 Å². The molecular formula is C33H33N5O3S. The molecule has 2 atom stereocenters. The number of nitrogens with one attached hydrogen (secondary N) is 1. The van der Waals surface area contributed by atoms with E-state index in [1.807, 2.05) is 66.7 Å². The Morgan fingerprint density at radius 2 is 1.67 bits per heavy atom. The van der Waals surface area contributed by atoms with Gasteiger partial charge in [-0.05, 0) is 54.2 Å². The molecule has 0 spiro atoms. The van der Waals surface area contributed by atoms with E-state index >= 15 is 0 Å². The smallest absolute Gasteiger partial charge is 0.262 e. The normalized spacial score (nSPS) is 17.9. The molecule has 0 aliphatic carbocycles. The first-order valence-corrected chi connectivity index (χ1v) is 15.4. The van der Waals surface area contributed by atoms with Crippen molar-refractivity contribution < 1.29 is 13.2 Å². The summed E-state index contributed by atoms with van der Waals surface area (Å²) in [5.41, 5.74) is 3.15. The number of nitrogens with zero attached hydrogens (tertiary/aromatic N) is 4. The van der Waals surface area contributed by atoms with Crippen molar-refractivity contribution in [3.05, 3.63) is 108 Å². The molecule has 42 heavy (non-hydrogen) atoms. The number of sulfonamides is 1. The summed E-state index contributed by atoms with van der Waals surface area (Å²) in [7, 11) is -3.72. The lowest BCUT2D eigenvalue weighted by molar-refractivity contribution is -0.117. The van der Waals surface area contributed by atoms with Crippen LogP contribution in [0.4, 0.5) is 0 Å². The van der Waals surface area contributed by atoms with Crippen LogP contribution in [0.25, 0.3) is 23.0 Å². The van der Waals surface area contributed by atoms with Crippen LogP contribution in [0, 0.1) is 23.2 Å². The number of nitriles is 1. The number of benzene rings is 3. The molecule has 2 heterocycles. The molecule has 4 aromatic rings. The fourth-order valence-corrected chi connectivity index (χ4v) is 7.09. The standard InChI is InChI=1S/C33H33N5O3S/c1-24-16-25(2)22-37(21-24)42(40,41)31-15-9-12-27(18-31)32-29(23-38(36-32)30-13-7-4-8-14-30)17-28(19-34)33(39)35-20-26-10-5-3-6-11-26/h3-15,17-18,23-25H,16,20-22H2,1-2H3,(H,35,39)/b28-17-. The average molecular weight is 580 g/mol. The van der Waals surface area contributed by atoms with Gasteiger partial charge >= 0.3 is 0 Å². The van der Waals surface area contributed by atoms with Gasteiger partial charge in [0.25, 0.3) is 5.91 Å². The van der Waals surface area contributed by atoms with Crippen molar-refractivity contribution in [2.24, 2.45) is 11.8 Å². The third-order valence-corrected chi connectivity index (χ3v) is 9.13. The summed E-state index contributed by atoms with van der Waals surface area (Å²) in [6.45, 7) is 5.40. The van der Waals surface area contributed by atoms with Gasteiger partial charge in [-0.1, -0.05) is 74.5 Å². The summed E-state index contributed by atoms with van der Waals surface area (Å²) < 4.78 is 30.6. The minimum absolute atomic E-state index is 0.0835. The molecule has 3 aromatic carbocycles. The Labute approximate surface area is 247 Å². The van der Waals surface area contributed by atoms with Crippen LogP contribution < -0.4 is 5.32 Å². The van der Waals surface area contributed by atoms with Gasteiger partial charge in [0, 0.05) is 37.0 Å². The first-order chi connectivity index (χ1) is 20.2. The molecule has 1 fully saturated rings. The summed E-state index contributed by atoms with van der Waals surface area (Å²) in [5.74, 6) is 0.0503. The molecule has 1 aliphatic heterocycles. The van der Waals surface area contributed by atoms with Gasteiger partial charge in [-0.3, -0.25) is 4.79 Å². The van der Waals surface area contributed by atoms with Crippen LogP contribution in [0.5, 0.6) is 0 Å². The molecule has 8 nitrogen and oxygen atoms in total. The first kappa shape index (κ1) is 29.0. The second-order valence-corrected chi connectivity index (χ2v) is 12.8. The highest BCUT2D eigenvalue weighted by Gasteiger charge is 2.32. The number of hydrogen-bond donors (Lipinski definition) is 1. The van der Waals surface area contributed by atoms with Gasteiger partial charge in [0.15, 0.2) is 0 Å². The van der Waals surface area contributed by atoms with E-state index in [-0.39, 0.29) is 28.8 Å². The Balaban J connectivity index is 1.52. The summed E-state index contributed by atoms with van der Waals surface area (Å²) >= 11 is 0. The molecule has 0 bridgehead atoms. The third-order valence-electron chi connectivity index (χ3n) is 7.30. The predicted molar refractivity (Wildman–Crippen MR) is 163 cm³/mol. The topological polar surface area (TPSA) is 108 Å². The Hall–Kier alpha value is -4.52. The number of carbonyl (C=O) groups is 1. The Morgan fingerprint density at radius 3 is 2.33 bits per heavy atom. The number of hydrogen-bond acceptors (Lipinski definition) is 5. The quantitative estimate of drug-likeness (QED) is 0.221. The molecular weight excluding hydrogens is 546 g/mol. The summed E-state index contributed by atoms with van der Waals surface area (Å²) in [6, 6.07) is 27.6. The minimum atomic E-state index is -3.72. The fourth-order valence-electron chi connectivity index (χ4n) is 5.36. The van der Waals surface area contributed by atoms with Gasteiger partial charge in [-0.25, -0.2) is 13.1 Å². The maximum absolute atomic E-state index is 13.7. The third kappa shape index (κ3) is 6.51. The minimum Gasteiger partial charge on any atom is -0.347 e. The molecule has 5 rings (SSSR count). The van der Waals surface area contributed by atoms with Crippen LogP contribution in [-0.4, -0.2) is 41.5 Å². The van der Waals surface area contributed by atoms with Crippen LogP contribution >= 0.6 is 0 Å². The predicted octanol–water partition coefficient (Wildman–Crippen LogP) is 5.43. The van der Waals surface area contributed by atoms with Gasteiger partial charge in [0.1, 0.15) is 17.3 Å². The monoisotopic (exact) mass is 579 g/mol. The maximum Gasteiger partial charge on any atom is 0.262 e. The summed E-state index contributed by atoms with van der Waals surface area (Å²) in [4.78, 5) is 13.2. The molecule has 1 aliphatic rings. The van der Waals surface area contributed by atoms with Crippen molar-refractivity contribution in [3.63, 3.8) is 0 Å². The van der Waals surface area contributed by atoms with Gasteiger partial charge in [0.2, 0.25) is 10.0 Å². The van der Waals surface area contributed by atoms with Crippen LogP contribution in [0.1, 0.15) is 31.4 Å². The van der Waals surface area contributed by atoms with E-state index in [2.05, 4.69) is 19.2 Å². The van der Waals surface area contributed by atoms with Crippen molar-refractivity contribution in [1.29, 1.82) is 5.26 Å². The molecule has 0 saturated carbocycles. The number of aromatic nitrogens is 2. The van der Waals surface area contributed by atoms with Gasteiger partial charge in [0.05, 0.1) is 10.6 Å². The Kier molecular flexibility index (Phi) is 8.67. The second kappa shape index (κ2) is 12.6. The first-order valence-electron chi connectivity index (χ1n) is 13.9. The van der Waals surface area contributed by atoms with E-state index in [4.69, 9.17) is 5.10 Å². The van der Waals surface area contributed by atoms with Crippen molar-refractivity contribution in [2.75, 3.05) is 13.1 Å². The number of carbonyl (C=O) groups excluding carboxylic acids is 1. The van der Waals surface area contributed by atoms with E-state index in [0.29, 0.717) is 29.9 Å². The van der Waals surface area contributed by atoms with Crippen LogP contribution in [0.2, 0.25) is 0 Å². The SMILES string of the molecule is CC1CC(C)CN(S(=O)(=O)c2cccc(-c3nn(-c4ccccc4)cc3/C=C(/C#N)C(=O)NCc3ccccc3)c2)C1. The number of rotatable bonds is 8. The van der Waals surface area contributed by atoms with E-state index < -0.39 is 15.9 Å². The van der Waals surface area contributed by atoms with Gasteiger partial charge in [-0.2, -0.15) is 14.7 Å². The number of amides is 1. The highest BCUT2D eigenvalue weighted by molar-refractivity contribution is 7.89.